The van der Waals surface area contributed by atoms with E-state index in [1.54, 1.807) is 16.5 Å². The summed E-state index contributed by atoms with van der Waals surface area (Å²) < 4.78 is 7.24. The third-order valence-corrected chi connectivity index (χ3v) is 5.48. The van der Waals surface area contributed by atoms with Crippen LogP contribution in [0.2, 0.25) is 5.02 Å². The molecule has 0 saturated heterocycles. The van der Waals surface area contributed by atoms with Crippen LogP contribution >= 0.6 is 34.7 Å². The summed E-state index contributed by atoms with van der Waals surface area (Å²) in [4.78, 5) is 17.4. The first kappa shape index (κ1) is 16.3. The topological polar surface area (TPSA) is 73.3 Å². The van der Waals surface area contributed by atoms with Gasteiger partial charge in [-0.2, -0.15) is 0 Å². The SMILES string of the molecule is Cc1csc2nc(CSc3nnc(-c4cccc(Cl)c4)o3)cc(=O)n12. The molecule has 25 heavy (non-hydrogen) atoms. The Morgan fingerprint density at radius 1 is 1.32 bits per heavy atom. The maximum absolute atomic E-state index is 12.2. The molecule has 0 unspecified atom stereocenters. The molecule has 4 rings (SSSR count). The molecule has 126 valence electrons. The lowest BCUT2D eigenvalue weighted by atomic mass is 10.2. The fourth-order valence-corrected chi connectivity index (χ4v) is 4.05. The third-order valence-electron chi connectivity index (χ3n) is 3.45. The van der Waals surface area contributed by atoms with Gasteiger partial charge in [0.15, 0.2) is 4.96 Å². The van der Waals surface area contributed by atoms with E-state index in [0.717, 1.165) is 11.3 Å². The molecule has 0 fully saturated rings. The van der Waals surface area contributed by atoms with Crippen LogP contribution in [0.25, 0.3) is 16.4 Å². The van der Waals surface area contributed by atoms with Gasteiger partial charge in [0.05, 0.1) is 5.69 Å². The Morgan fingerprint density at radius 3 is 3.04 bits per heavy atom. The molecule has 0 atom stereocenters. The number of thiazole rings is 1. The number of rotatable bonds is 4. The minimum atomic E-state index is -0.0792. The van der Waals surface area contributed by atoms with Gasteiger partial charge in [-0.15, -0.1) is 21.5 Å². The number of hydrogen-bond acceptors (Lipinski definition) is 7. The number of benzene rings is 1. The predicted molar refractivity (Wildman–Crippen MR) is 98.4 cm³/mol. The highest BCUT2D eigenvalue weighted by molar-refractivity contribution is 7.98. The van der Waals surface area contributed by atoms with Crippen molar-refractivity contribution >= 4 is 39.7 Å². The molecule has 1 aromatic carbocycles. The molecule has 0 radical (unpaired) electrons. The summed E-state index contributed by atoms with van der Waals surface area (Å²) in [5, 5.41) is 11.0. The van der Waals surface area contributed by atoms with Crippen molar-refractivity contribution < 1.29 is 4.42 Å². The highest BCUT2D eigenvalue weighted by Gasteiger charge is 2.11. The number of thioether (sulfide) groups is 1. The minimum absolute atomic E-state index is 0.0792. The van der Waals surface area contributed by atoms with Gasteiger partial charge >= 0.3 is 0 Å². The van der Waals surface area contributed by atoms with Crippen LogP contribution in [0.5, 0.6) is 0 Å². The fourth-order valence-electron chi connectivity index (χ4n) is 2.32. The number of fused-ring (bicyclic) bond motifs is 1. The molecule has 6 nitrogen and oxygen atoms in total. The van der Waals surface area contributed by atoms with Gasteiger partial charge in [0, 0.05) is 33.5 Å². The van der Waals surface area contributed by atoms with Gasteiger partial charge in [-0.1, -0.05) is 29.4 Å². The summed E-state index contributed by atoms with van der Waals surface area (Å²) in [6, 6.07) is 8.75. The lowest BCUT2D eigenvalue weighted by Crippen LogP contribution is -2.14. The van der Waals surface area contributed by atoms with E-state index in [1.807, 2.05) is 24.4 Å². The summed E-state index contributed by atoms with van der Waals surface area (Å²) in [5.74, 6) is 0.877. The van der Waals surface area contributed by atoms with Gasteiger partial charge in [-0.05, 0) is 25.1 Å². The summed E-state index contributed by atoms with van der Waals surface area (Å²) in [7, 11) is 0. The van der Waals surface area contributed by atoms with E-state index in [0.29, 0.717) is 32.5 Å². The highest BCUT2D eigenvalue weighted by atomic mass is 35.5. The van der Waals surface area contributed by atoms with E-state index in [-0.39, 0.29) is 5.56 Å². The summed E-state index contributed by atoms with van der Waals surface area (Å²) >= 11 is 8.76. The van der Waals surface area contributed by atoms with Crippen molar-refractivity contribution in [2.24, 2.45) is 0 Å². The molecule has 0 saturated carbocycles. The summed E-state index contributed by atoms with van der Waals surface area (Å²) in [5.41, 5.74) is 2.25. The minimum Gasteiger partial charge on any atom is -0.411 e. The Morgan fingerprint density at radius 2 is 2.20 bits per heavy atom. The Kier molecular flexibility index (Phi) is 4.32. The average molecular weight is 391 g/mol. The molecule has 0 aliphatic rings. The monoisotopic (exact) mass is 390 g/mol. The molecule has 3 heterocycles. The summed E-state index contributed by atoms with van der Waals surface area (Å²) in [6.45, 7) is 1.89. The second kappa shape index (κ2) is 6.62. The van der Waals surface area contributed by atoms with Crippen LogP contribution in [0.4, 0.5) is 0 Å². The molecule has 0 amide bonds. The third kappa shape index (κ3) is 3.33. The maximum atomic E-state index is 12.2. The van der Waals surface area contributed by atoms with Crippen molar-refractivity contribution in [1.29, 1.82) is 0 Å². The molecule has 0 aliphatic carbocycles. The second-order valence-electron chi connectivity index (χ2n) is 5.25. The normalized spacial score (nSPS) is 11.3. The van der Waals surface area contributed by atoms with Crippen molar-refractivity contribution in [3.63, 3.8) is 0 Å². The lowest BCUT2D eigenvalue weighted by molar-refractivity contribution is 0.466. The van der Waals surface area contributed by atoms with Gasteiger partial charge in [-0.3, -0.25) is 9.20 Å². The molecular formula is C16H11ClN4O2S2. The lowest BCUT2D eigenvalue weighted by Gasteiger charge is -1.99. The van der Waals surface area contributed by atoms with Gasteiger partial charge in [0.25, 0.3) is 10.8 Å². The first-order valence-electron chi connectivity index (χ1n) is 7.29. The van der Waals surface area contributed by atoms with Crippen LogP contribution in [0.15, 0.2) is 50.1 Å². The van der Waals surface area contributed by atoms with E-state index >= 15 is 0 Å². The standard InChI is InChI=1S/C16H11ClN4O2S2/c1-9-7-24-15-18-12(6-13(22)21(9)15)8-25-16-20-19-14(23-16)10-3-2-4-11(17)5-10/h2-7H,8H2,1H3. The van der Waals surface area contributed by atoms with E-state index < -0.39 is 0 Å². The van der Waals surface area contributed by atoms with Crippen LogP contribution in [0.3, 0.4) is 0 Å². The van der Waals surface area contributed by atoms with Crippen LogP contribution in [-0.2, 0) is 5.75 Å². The molecule has 0 bridgehead atoms. The predicted octanol–water partition coefficient (Wildman–Crippen LogP) is 4.06. The van der Waals surface area contributed by atoms with E-state index in [1.165, 1.54) is 29.2 Å². The molecule has 0 spiro atoms. The van der Waals surface area contributed by atoms with Gasteiger partial charge in [-0.25, -0.2) is 4.98 Å². The van der Waals surface area contributed by atoms with Crippen molar-refractivity contribution in [2.75, 3.05) is 0 Å². The zero-order chi connectivity index (χ0) is 17.4. The average Bonchev–Trinajstić information content (AvgIpc) is 3.20. The smallest absolute Gasteiger partial charge is 0.277 e. The Bertz CT molecular complexity index is 1120. The molecule has 9 heteroatoms. The van der Waals surface area contributed by atoms with Crippen molar-refractivity contribution in [3.8, 4) is 11.5 Å². The quantitative estimate of drug-likeness (QED) is 0.489. The van der Waals surface area contributed by atoms with Crippen LogP contribution in [0, 0.1) is 6.92 Å². The van der Waals surface area contributed by atoms with Crippen LogP contribution in [0.1, 0.15) is 11.4 Å². The Balaban J connectivity index is 1.53. The summed E-state index contributed by atoms with van der Waals surface area (Å²) in [6.07, 6.45) is 0. The number of nitrogens with zero attached hydrogens (tertiary/aromatic N) is 4. The molecule has 0 N–H and O–H groups in total. The number of hydrogen-bond donors (Lipinski definition) is 0. The van der Waals surface area contributed by atoms with Gasteiger partial charge in [0.1, 0.15) is 0 Å². The first-order chi connectivity index (χ1) is 12.1. The highest BCUT2D eigenvalue weighted by Crippen LogP contribution is 2.26. The first-order valence-corrected chi connectivity index (χ1v) is 9.53. The largest absolute Gasteiger partial charge is 0.411 e. The molecule has 0 aliphatic heterocycles. The maximum Gasteiger partial charge on any atom is 0.277 e. The number of aryl methyl sites for hydroxylation is 1. The number of aromatic nitrogens is 4. The Hall–Kier alpha value is -2.16. The van der Waals surface area contributed by atoms with E-state index in [2.05, 4.69) is 15.2 Å². The fraction of sp³-hybridized carbons (Fsp3) is 0.125. The van der Waals surface area contributed by atoms with Crippen molar-refractivity contribution in [2.45, 2.75) is 17.9 Å². The number of halogens is 1. The van der Waals surface area contributed by atoms with Gasteiger partial charge in [0.2, 0.25) is 5.89 Å². The zero-order valence-corrected chi connectivity index (χ0v) is 15.4. The van der Waals surface area contributed by atoms with Crippen molar-refractivity contribution in [1.82, 2.24) is 19.6 Å². The van der Waals surface area contributed by atoms with Gasteiger partial charge < -0.3 is 4.42 Å². The van der Waals surface area contributed by atoms with Crippen molar-refractivity contribution in [3.05, 3.63) is 62.5 Å². The van der Waals surface area contributed by atoms with Crippen LogP contribution < -0.4 is 5.56 Å². The Labute approximate surface area is 155 Å². The molecule has 4 aromatic rings. The zero-order valence-electron chi connectivity index (χ0n) is 13.0. The molecule has 3 aromatic heterocycles. The van der Waals surface area contributed by atoms with E-state index in [4.69, 9.17) is 16.0 Å². The molecular weight excluding hydrogens is 380 g/mol. The second-order valence-corrected chi connectivity index (χ2v) is 7.45. The van der Waals surface area contributed by atoms with Crippen LogP contribution in [-0.4, -0.2) is 19.6 Å². The van der Waals surface area contributed by atoms with E-state index in [9.17, 15) is 4.79 Å².